The average molecular weight is 746 g/mol. The first-order valence-corrected chi connectivity index (χ1v) is 19.9. The highest BCUT2D eigenvalue weighted by atomic mass is 17.2. The molecule has 12 nitrogen and oxygen atoms in total. The molecule has 3 aliphatic carbocycles. The number of aliphatic hydroxyl groups is 1. The van der Waals surface area contributed by atoms with E-state index in [9.17, 15) is 14.7 Å². The van der Waals surface area contributed by atoms with Gasteiger partial charge in [-0.1, -0.05) is 76.6 Å². The lowest BCUT2D eigenvalue weighted by molar-refractivity contribution is -0.309. The molecule has 6 rings (SSSR count). The third kappa shape index (κ3) is 8.81. The highest BCUT2D eigenvalue weighted by Gasteiger charge is 2.50. The molecule has 4 aliphatic rings. The van der Waals surface area contributed by atoms with Crippen molar-refractivity contribution in [3.05, 3.63) is 60.3 Å². The third-order valence-electron chi connectivity index (χ3n) is 12.7. The van der Waals surface area contributed by atoms with E-state index in [-0.39, 0.29) is 37.8 Å². The van der Waals surface area contributed by atoms with Crippen molar-refractivity contribution >= 4 is 28.9 Å². The molecule has 54 heavy (non-hydrogen) atoms. The van der Waals surface area contributed by atoms with E-state index >= 15 is 0 Å². The Bertz CT molecular complexity index is 1770. The van der Waals surface area contributed by atoms with Crippen LogP contribution in [0.2, 0.25) is 0 Å². The zero-order chi connectivity index (χ0) is 38.6. The number of ether oxygens (including phenoxy) is 2. The number of carbonyl (C=O) groups excluding carboxylic acids is 2. The summed E-state index contributed by atoms with van der Waals surface area (Å²) < 4.78 is 13.4. The molecule has 0 aromatic carbocycles. The number of hydrogen-bond donors (Lipinski definition) is 2. The highest BCUT2D eigenvalue weighted by Crippen LogP contribution is 2.59. The lowest BCUT2D eigenvalue weighted by Gasteiger charge is -2.44. The number of anilines is 1. The van der Waals surface area contributed by atoms with Crippen molar-refractivity contribution in [3.63, 3.8) is 0 Å². The van der Waals surface area contributed by atoms with E-state index in [1.54, 1.807) is 10.1 Å². The Morgan fingerprint density at radius 3 is 2.67 bits per heavy atom. The highest BCUT2D eigenvalue weighted by molar-refractivity contribution is 5.81. The van der Waals surface area contributed by atoms with Gasteiger partial charge in [-0.3, -0.25) is 14.2 Å². The van der Waals surface area contributed by atoms with Gasteiger partial charge in [0.15, 0.2) is 23.8 Å². The Morgan fingerprint density at radius 2 is 1.89 bits per heavy atom. The summed E-state index contributed by atoms with van der Waals surface area (Å²) in [4.78, 5) is 48.5. The third-order valence-corrected chi connectivity index (χ3v) is 12.7. The first-order chi connectivity index (χ1) is 25.9. The van der Waals surface area contributed by atoms with Crippen LogP contribution in [0.15, 0.2) is 60.3 Å². The van der Waals surface area contributed by atoms with Gasteiger partial charge in [0.2, 0.25) is 0 Å². The van der Waals surface area contributed by atoms with Gasteiger partial charge in [0.05, 0.1) is 31.9 Å². The minimum absolute atomic E-state index is 0.139. The molecule has 0 radical (unpaired) electrons. The molecule has 12 heteroatoms. The molecule has 1 saturated heterocycles. The van der Waals surface area contributed by atoms with Gasteiger partial charge in [-0.05, 0) is 85.5 Å². The van der Waals surface area contributed by atoms with Gasteiger partial charge in [0.1, 0.15) is 17.9 Å². The summed E-state index contributed by atoms with van der Waals surface area (Å²) in [6, 6.07) is 0. The smallest absolute Gasteiger partial charge is 0.342 e. The fourth-order valence-electron chi connectivity index (χ4n) is 9.16. The maximum absolute atomic E-state index is 12.9. The van der Waals surface area contributed by atoms with E-state index in [1.165, 1.54) is 38.3 Å². The molecule has 3 heterocycles. The van der Waals surface area contributed by atoms with Crippen molar-refractivity contribution in [3.8, 4) is 0 Å². The SMILES string of the molecule is C=C1CC[C@H](OC(=O)CCC(=O)OO[C@@H]2C[C@@H](CO)O[C@H]2n2cnc3c(N)ncnc32)C/C1=C/C=C1\CCC[C@]2(C)[C@@H]([C@H](C)/C=C/[C@H](C)C(C)C)CC[C@@H]12. The van der Waals surface area contributed by atoms with Crippen LogP contribution in [0.25, 0.3) is 11.2 Å². The number of nitrogens with two attached hydrogens (primary N) is 1. The summed E-state index contributed by atoms with van der Waals surface area (Å²) in [6.07, 6.45) is 18.1. The van der Waals surface area contributed by atoms with Gasteiger partial charge in [0.25, 0.3) is 0 Å². The monoisotopic (exact) mass is 745 g/mol. The lowest BCUT2D eigenvalue weighted by Crippen LogP contribution is -2.35. The second-order valence-electron chi connectivity index (χ2n) is 16.6. The molecule has 3 saturated carbocycles. The van der Waals surface area contributed by atoms with Gasteiger partial charge >= 0.3 is 11.9 Å². The van der Waals surface area contributed by atoms with Crippen LogP contribution >= 0.6 is 0 Å². The minimum Gasteiger partial charge on any atom is -0.462 e. The number of nitrogen functional groups attached to an aromatic ring is 1. The largest absolute Gasteiger partial charge is 0.462 e. The maximum atomic E-state index is 12.9. The fraction of sp³-hybridized carbons (Fsp3) is 0.643. The van der Waals surface area contributed by atoms with Crippen molar-refractivity contribution < 1.29 is 33.9 Å². The van der Waals surface area contributed by atoms with Crippen molar-refractivity contribution in [1.82, 2.24) is 19.5 Å². The van der Waals surface area contributed by atoms with Crippen LogP contribution < -0.4 is 5.73 Å². The number of carbonyl (C=O) groups is 2. The van der Waals surface area contributed by atoms with Gasteiger partial charge in [-0.2, -0.15) is 4.89 Å². The Balaban J connectivity index is 0.991. The van der Waals surface area contributed by atoms with Crippen LogP contribution in [0, 0.1) is 35.0 Å². The van der Waals surface area contributed by atoms with Crippen molar-refractivity contribution in [2.75, 3.05) is 12.3 Å². The molecule has 2 aromatic heterocycles. The molecular formula is C42H59N5O7. The fourth-order valence-corrected chi connectivity index (χ4v) is 9.16. The number of imidazole rings is 1. The minimum atomic E-state index is -0.787. The van der Waals surface area contributed by atoms with E-state index in [2.05, 4.69) is 80.5 Å². The van der Waals surface area contributed by atoms with E-state index in [0.29, 0.717) is 59.0 Å². The molecule has 3 N–H and O–H groups in total. The first kappa shape index (κ1) is 39.8. The summed E-state index contributed by atoms with van der Waals surface area (Å²) in [5, 5.41) is 9.72. The lowest BCUT2D eigenvalue weighted by atomic mass is 9.61. The quantitative estimate of drug-likeness (QED) is 0.0903. The number of fused-ring (bicyclic) bond motifs is 2. The predicted octanol–water partition coefficient (Wildman–Crippen LogP) is 7.52. The summed E-state index contributed by atoms with van der Waals surface area (Å²) >= 11 is 0. The number of aromatic nitrogens is 4. The molecule has 0 unspecified atom stereocenters. The molecule has 2 aromatic rings. The Hall–Kier alpha value is -3.87. The number of esters is 1. The molecule has 0 amide bonds. The van der Waals surface area contributed by atoms with Gasteiger partial charge in [0, 0.05) is 12.8 Å². The summed E-state index contributed by atoms with van der Waals surface area (Å²) in [7, 11) is 0. The van der Waals surface area contributed by atoms with Crippen molar-refractivity contribution in [2.24, 2.45) is 35.0 Å². The van der Waals surface area contributed by atoms with Crippen LogP contribution in [-0.2, 0) is 28.8 Å². The van der Waals surface area contributed by atoms with Gasteiger partial charge in [-0.25, -0.2) is 19.7 Å². The molecular weight excluding hydrogens is 686 g/mol. The molecule has 0 bridgehead atoms. The molecule has 4 fully saturated rings. The summed E-state index contributed by atoms with van der Waals surface area (Å²) in [5.74, 6) is 2.15. The van der Waals surface area contributed by atoms with Crippen molar-refractivity contribution in [2.45, 2.75) is 130 Å². The molecule has 294 valence electrons. The van der Waals surface area contributed by atoms with Crippen molar-refractivity contribution in [1.29, 1.82) is 0 Å². The second-order valence-corrected chi connectivity index (χ2v) is 16.6. The van der Waals surface area contributed by atoms with Crippen LogP contribution in [0.3, 0.4) is 0 Å². The molecule has 9 atom stereocenters. The van der Waals surface area contributed by atoms with Crippen LogP contribution in [0.1, 0.15) is 111 Å². The molecule has 0 spiro atoms. The molecule has 1 aliphatic heterocycles. The Labute approximate surface area is 319 Å². The van der Waals surface area contributed by atoms with E-state index < -0.39 is 30.4 Å². The second kappa shape index (κ2) is 17.3. The van der Waals surface area contributed by atoms with Crippen LogP contribution in [0.5, 0.6) is 0 Å². The average Bonchev–Trinajstić information content (AvgIpc) is 3.87. The topological polar surface area (TPSA) is 161 Å². The van der Waals surface area contributed by atoms with E-state index in [0.717, 1.165) is 24.0 Å². The number of hydrogen-bond acceptors (Lipinski definition) is 11. The zero-order valence-electron chi connectivity index (χ0n) is 32.6. The summed E-state index contributed by atoms with van der Waals surface area (Å²) in [6.45, 7) is 15.9. The van der Waals surface area contributed by atoms with Crippen LogP contribution in [-0.4, -0.2) is 61.5 Å². The Kier molecular flexibility index (Phi) is 12.7. The normalized spacial score (nSPS) is 31.4. The van der Waals surface area contributed by atoms with E-state index in [1.807, 2.05) is 0 Å². The number of rotatable bonds is 13. The Morgan fingerprint density at radius 1 is 1.09 bits per heavy atom. The van der Waals surface area contributed by atoms with Gasteiger partial charge in [-0.15, -0.1) is 0 Å². The number of nitrogens with zero attached hydrogens (tertiary/aromatic N) is 4. The van der Waals surface area contributed by atoms with E-state index in [4.69, 9.17) is 25.0 Å². The number of allylic oxidation sites excluding steroid dienone is 6. The van der Waals surface area contributed by atoms with Crippen LogP contribution in [0.4, 0.5) is 5.82 Å². The zero-order valence-corrected chi connectivity index (χ0v) is 32.6. The number of aliphatic hydroxyl groups excluding tert-OH is 1. The summed E-state index contributed by atoms with van der Waals surface area (Å²) in [5.41, 5.74) is 10.8. The first-order valence-electron chi connectivity index (χ1n) is 19.9. The maximum Gasteiger partial charge on any atom is 0.342 e. The standard InChI is InChI=1S/C42H59N5O7/c1-25(2)26(3)9-10-28(5)33-15-16-34-29(8-7-19-42(33,34)6)12-13-30-20-31(14-11-27(30)4)51-36(49)17-18-37(50)54-53-35-21-32(22-48)52-41(35)47-24-46-38-39(43)44-23-45-40(38)47/h9-10,12-13,23-26,28,31-35,41,48H,4,7-8,11,14-22H2,1-3,5-6H3,(H2,43,44,45)/b10-9+,29-12+,30-13-/t26-,28+,31-,32-,33+,34-,35+,41+,42+/m0/s1. The van der Waals surface area contributed by atoms with Gasteiger partial charge < -0.3 is 20.3 Å². The predicted molar refractivity (Wildman–Crippen MR) is 205 cm³/mol.